The highest BCUT2D eigenvalue weighted by molar-refractivity contribution is 5.81. The van der Waals surface area contributed by atoms with Gasteiger partial charge in [-0.3, -0.25) is 4.79 Å². The van der Waals surface area contributed by atoms with Crippen molar-refractivity contribution < 1.29 is 4.79 Å². The third-order valence-electron chi connectivity index (χ3n) is 2.79. The molecule has 102 valence electrons. The second-order valence-corrected chi connectivity index (χ2v) is 4.59. The Balaban J connectivity index is 3.67. The van der Waals surface area contributed by atoms with Crippen LogP contribution in [-0.2, 0) is 4.79 Å². The number of rotatable bonds is 10. The highest BCUT2D eigenvalue weighted by Gasteiger charge is 2.14. The first kappa shape index (κ1) is 16.4. The van der Waals surface area contributed by atoms with Crippen molar-refractivity contribution >= 4 is 5.91 Å². The molecule has 0 fully saturated rings. The Hall–Kier alpha value is -0.650. The zero-order valence-electron chi connectivity index (χ0n) is 11.0. The molecule has 0 aromatic rings. The minimum Gasteiger partial charge on any atom is -0.352 e. The molecule has 0 aliphatic carbocycles. The van der Waals surface area contributed by atoms with Gasteiger partial charge in [0.05, 0.1) is 6.04 Å². The Kier molecular flexibility index (Phi) is 10.1. The average molecular weight is 244 g/mol. The second-order valence-electron chi connectivity index (χ2n) is 4.59. The van der Waals surface area contributed by atoms with Crippen LogP contribution in [0.4, 0.5) is 0 Å². The van der Waals surface area contributed by atoms with Crippen LogP contribution in [0.3, 0.4) is 0 Å². The van der Waals surface area contributed by atoms with Gasteiger partial charge in [-0.15, -0.1) is 0 Å². The predicted molar refractivity (Wildman–Crippen MR) is 71.4 cm³/mol. The van der Waals surface area contributed by atoms with Gasteiger partial charge in [0.15, 0.2) is 0 Å². The van der Waals surface area contributed by atoms with Gasteiger partial charge < -0.3 is 22.5 Å². The number of hydrogen-bond acceptors (Lipinski definition) is 4. The fraction of sp³-hybridized carbons (Fsp3) is 0.917. The molecular formula is C12H28N4O. The van der Waals surface area contributed by atoms with E-state index in [4.69, 9.17) is 17.2 Å². The number of carbonyl (C=O) groups excluding carboxylic acids is 1. The molecule has 0 aliphatic rings. The van der Waals surface area contributed by atoms with Gasteiger partial charge in [-0.1, -0.05) is 12.8 Å². The summed E-state index contributed by atoms with van der Waals surface area (Å²) in [6.45, 7) is 3.37. The van der Waals surface area contributed by atoms with Crippen LogP contribution in [0.15, 0.2) is 0 Å². The second kappa shape index (κ2) is 10.5. The molecule has 5 nitrogen and oxygen atoms in total. The molecule has 0 bridgehead atoms. The molecule has 0 saturated heterocycles. The van der Waals surface area contributed by atoms with Crippen molar-refractivity contribution in [2.75, 3.05) is 13.1 Å². The van der Waals surface area contributed by atoms with Gasteiger partial charge in [0.25, 0.3) is 0 Å². The maximum atomic E-state index is 11.7. The van der Waals surface area contributed by atoms with Crippen LogP contribution in [0.2, 0.25) is 0 Å². The molecule has 5 heteroatoms. The molecule has 0 aliphatic heterocycles. The van der Waals surface area contributed by atoms with Gasteiger partial charge >= 0.3 is 0 Å². The van der Waals surface area contributed by atoms with Gasteiger partial charge in [-0.2, -0.15) is 0 Å². The normalized spacial score (nSPS) is 14.4. The monoisotopic (exact) mass is 244 g/mol. The zero-order valence-corrected chi connectivity index (χ0v) is 11.0. The lowest BCUT2D eigenvalue weighted by atomic mass is 10.1. The molecule has 0 radical (unpaired) electrons. The van der Waals surface area contributed by atoms with Crippen LogP contribution >= 0.6 is 0 Å². The Morgan fingerprint density at radius 3 is 2.12 bits per heavy atom. The third kappa shape index (κ3) is 9.09. The molecule has 0 rings (SSSR count). The highest BCUT2D eigenvalue weighted by atomic mass is 16.2. The summed E-state index contributed by atoms with van der Waals surface area (Å²) in [6.07, 6.45) is 5.54. The van der Waals surface area contributed by atoms with Gasteiger partial charge in [-0.25, -0.2) is 0 Å². The molecule has 0 spiro atoms. The number of nitrogens with two attached hydrogens (primary N) is 3. The summed E-state index contributed by atoms with van der Waals surface area (Å²) in [5, 5.41) is 2.93. The lowest BCUT2D eigenvalue weighted by Gasteiger charge is -2.17. The number of amides is 1. The van der Waals surface area contributed by atoms with E-state index in [0.717, 1.165) is 32.1 Å². The van der Waals surface area contributed by atoms with Crippen molar-refractivity contribution in [1.29, 1.82) is 0 Å². The van der Waals surface area contributed by atoms with Crippen molar-refractivity contribution in [2.45, 2.75) is 57.5 Å². The lowest BCUT2D eigenvalue weighted by molar-refractivity contribution is -0.123. The highest BCUT2D eigenvalue weighted by Crippen LogP contribution is 2.02. The fourth-order valence-electron chi connectivity index (χ4n) is 1.66. The molecule has 17 heavy (non-hydrogen) atoms. The number of hydrogen-bond donors (Lipinski definition) is 4. The van der Waals surface area contributed by atoms with Crippen LogP contribution in [0.1, 0.15) is 45.4 Å². The summed E-state index contributed by atoms with van der Waals surface area (Å²) in [4.78, 5) is 11.7. The smallest absolute Gasteiger partial charge is 0.237 e. The van der Waals surface area contributed by atoms with Gasteiger partial charge in [-0.05, 0) is 45.7 Å². The molecule has 0 saturated carbocycles. The first-order valence-corrected chi connectivity index (χ1v) is 6.58. The van der Waals surface area contributed by atoms with Crippen molar-refractivity contribution in [2.24, 2.45) is 17.2 Å². The number of carbonyl (C=O) groups is 1. The summed E-state index contributed by atoms with van der Waals surface area (Å²) < 4.78 is 0. The van der Waals surface area contributed by atoms with Crippen LogP contribution < -0.4 is 22.5 Å². The van der Waals surface area contributed by atoms with E-state index in [1.54, 1.807) is 0 Å². The molecule has 0 aromatic heterocycles. The van der Waals surface area contributed by atoms with Crippen LogP contribution in [-0.4, -0.2) is 31.1 Å². The van der Waals surface area contributed by atoms with Crippen LogP contribution in [0, 0.1) is 0 Å². The number of nitrogens with one attached hydrogen (secondary N) is 1. The van der Waals surface area contributed by atoms with E-state index >= 15 is 0 Å². The first-order valence-electron chi connectivity index (χ1n) is 6.58. The summed E-state index contributed by atoms with van der Waals surface area (Å²) >= 11 is 0. The molecule has 2 atom stereocenters. The molecule has 0 unspecified atom stereocenters. The van der Waals surface area contributed by atoms with Gasteiger partial charge in [0.1, 0.15) is 0 Å². The maximum absolute atomic E-state index is 11.7. The zero-order chi connectivity index (χ0) is 13.1. The molecular weight excluding hydrogens is 216 g/mol. The van der Waals surface area contributed by atoms with Crippen LogP contribution in [0.5, 0.6) is 0 Å². The van der Waals surface area contributed by atoms with Gasteiger partial charge in [0, 0.05) is 6.04 Å². The Morgan fingerprint density at radius 1 is 1.06 bits per heavy atom. The Morgan fingerprint density at radius 2 is 1.59 bits per heavy atom. The topological polar surface area (TPSA) is 107 Å². The van der Waals surface area contributed by atoms with Crippen molar-refractivity contribution in [1.82, 2.24) is 5.32 Å². The SMILES string of the molecule is C[C@H](CCCCN)NC(=O)[C@@H](N)CCCCN. The minimum absolute atomic E-state index is 0.0535. The number of unbranched alkanes of at least 4 members (excludes halogenated alkanes) is 2. The Bertz CT molecular complexity index is 199. The van der Waals surface area contributed by atoms with Crippen molar-refractivity contribution in [3.63, 3.8) is 0 Å². The predicted octanol–water partition coefficient (Wildman–Crippen LogP) is 0.0764. The first-order chi connectivity index (χ1) is 8.11. The van der Waals surface area contributed by atoms with Crippen LogP contribution in [0.25, 0.3) is 0 Å². The largest absolute Gasteiger partial charge is 0.352 e. The third-order valence-corrected chi connectivity index (χ3v) is 2.79. The van der Waals surface area contributed by atoms with E-state index < -0.39 is 6.04 Å². The maximum Gasteiger partial charge on any atom is 0.237 e. The standard InChI is InChI=1S/C12H28N4O/c1-10(6-2-4-8-13)16-12(17)11(15)7-3-5-9-14/h10-11H,2-9,13-15H2,1H3,(H,16,17)/t10-,11+/m1/s1. The summed E-state index contributed by atoms with van der Waals surface area (Å²) in [7, 11) is 0. The van der Waals surface area contributed by atoms with Crippen molar-refractivity contribution in [3.05, 3.63) is 0 Å². The fourth-order valence-corrected chi connectivity index (χ4v) is 1.66. The molecule has 0 heterocycles. The average Bonchev–Trinajstić information content (AvgIpc) is 2.29. The quantitative estimate of drug-likeness (QED) is 0.408. The Labute approximate surface area is 104 Å². The lowest BCUT2D eigenvalue weighted by Crippen LogP contribution is -2.44. The molecule has 7 N–H and O–H groups in total. The summed E-state index contributed by atoms with van der Waals surface area (Å²) in [5.41, 5.74) is 16.6. The van der Waals surface area contributed by atoms with E-state index in [0.29, 0.717) is 19.5 Å². The van der Waals surface area contributed by atoms with E-state index in [9.17, 15) is 4.79 Å². The van der Waals surface area contributed by atoms with E-state index in [1.807, 2.05) is 6.92 Å². The summed E-state index contributed by atoms with van der Waals surface area (Å²) in [5.74, 6) is -0.0535. The molecule has 0 aromatic carbocycles. The van der Waals surface area contributed by atoms with E-state index in [-0.39, 0.29) is 11.9 Å². The van der Waals surface area contributed by atoms with Crippen molar-refractivity contribution in [3.8, 4) is 0 Å². The molecule has 1 amide bonds. The van der Waals surface area contributed by atoms with E-state index in [2.05, 4.69) is 5.32 Å². The van der Waals surface area contributed by atoms with E-state index in [1.165, 1.54) is 0 Å². The summed E-state index contributed by atoms with van der Waals surface area (Å²) in [6, 6.07) is -0.229. The minimum atomic E-state index is -0.404. The van der Waals surface area contributed by atoms with Gasteiger partial charge in [0.2, 0.25) is 5.91 Å².